The highest BCUT2D eigenvalue weighted by atomic mass is 79.9. The summed E-state index contributed by atoms with van der Waals surface area (Å²) < 4.78 is 27.6. The molecule has 102 valence electrons. The molecule has 0 radical (unpaired) electrons. The van der Waals surface area contributed by atoms with E-state index in [0.717, 1.165) is 6.07 Å². The Hall–Kier alpha value is -1.50. The van der Waals surface area contributed by atoms with Gasteiger partial charge in [-0.3, -0.25) is 9.59 Å². The summed E-state index contributed by atoms with van der Waals surface area (Å²) in [5, 5.41) is 2.42. The molecule has 1 heterocycles. The first kappa shape index (κ1) is 13.9. The maximum absolute atomic E-state index is 13.8. The first-order valence-corrected chi connectivity index (χ1v) is 6.45. The van der Waals surface area contributed by atoms with Crippen LogP contribution < -0.4 is 5.32 Å². The van der Waals surface area contributed by atoms with Crippen LogP contribution in [0.4, 0.5) is 8.78 Å². The van der Waals surface area contributed by atoms with E-state index in [4.69, 9.17) is 0 Å². The van der Waals surface area contributed by atoms with Gasteiger partial charge in [0.25, 0.3) is 0 Å². The maximum atomic E-state index is 13.8. The molecule has 0 unspecified atom stereocenters. The monoisotopic (exact) mass is 332 g/mol. The predicted molar refractivity (Wildman–Crippen MR) is 67.1 cm³/mol. The van der Waals surface area contributed by atoms with Crippen LogP contribution in [-0.2, 0) is 16.1 Å². The number of rotatable bonds is 2. The Kier molecular flexibility index (Phi) is 4.14. The average molecular weight is 333 g/mol. The molecule has 1 aliphatic rings. The van der Waals surface area contributed by atoms with Crippen molar-refractivity contribution >= 4 is 27.7 Å². The van der Waals surface area contributed by atoms with Crippen molar-refractivity contribution in [1.82, 2.24) is 10.2 Å². The molecule has 0 atom stereocenters. The highest BCUT2D eigenvalue weighted by molar-refractivity contribution is 9.10. The number of hydrogen-bond acceptors (Lipinski definition) is 2. The van der Waals surface area contributed by atoms with Crippen LogP contribution in [0, 0.1) is 11.6 Å². The van der Waals surface area contributed by atoms with E-state index in [9.17, 15) is 18.4 Å². The molecule has 1 aromatic rings. The van der Waals surface area contributed by atoms with Crippen LogP contribution in [0.1, 0.15) is 12.0 Å². The second kappa shape index (κ2) is 5.64. The van der Waals surface area contributed by atoms with Crippen molar-refractivity contribution in [2.75, 3.05) is 13.1 Å². The number of carbonyl (C=O) groups excluding carboxylic acids is 2. The molecule has 0 spiro atoms. The summed E-state index contributed by atoms with van der Waals surface area (Å²) in [4.78, 5) is 24.2. The Morgan fingerprint density at radius 1 is 1.32 bits per heavy atom. The second-order valence-electron chi connectivity index (χ2n) is 4.16. The first-order chi connectivity index (χ1) is 8.99. The van der Waals surface area contributed by atoms with Gasteiger partial charge in [-0.15, -0.1) is 0 Å². The zero-order valence-electron chi connectivity index (χ0n) is 9.88. The van der Waals surface area contributed by atoms with E-state index < -0.39 is 11.6 Å². The van der Waals surface area contributed by atoms with Gasteiger partial charge in [0.1, 0.15) is 11.6 Å². The summed E-state index contributed by atoms with van der Waals surface area (Å²) >= 11 is 2.97. The van der Waals surface area contributed by atoms with Crippen LogP contribution in [0.25, 0.3) is 0 Å². The fourth-order valence-corrected chi connectivity index (χ4v) is 2.18. The Bertz CT molecular complexity index is 537. The fourth-order valence-electron chi connectivity index (χ4n) is 1.81. The number of halogens is 3. The zero-order valence-corrected chi connectivity index (χ0v) is 11.5. The lowest BCUT2D eigenvalue weighted by atomic mass is 10.1. The molecule has 1 saturated heterocycles. The van der Waals surface area contributed by atoms with Gasteiger partial charge in [-0.2, -0.15) is 0 Å². The van der Waals surface area contributed by atoms with Crippen LogP contribution in [0.15, 0.2) is 16.6 Å². The molecule has 4 nitrogen and oxygen atoms in total. The van der Waals surface area contributed by atoms with Crippen molar-refractivity contribution in [1.29, 1.82) is 0 Å². The summed E-state index contributed by atoms with van der Waals surface area (Å²) in [6.07, 6.45) is 0.128. The third-order valence-electron chi connectivity index (χ3n) is 2.89. The van der Waals surface area contributed by atoms with Gasteiger partial charge >= 0.3 is 0 Å². The number of amides is 2. The van der Waals surface area contributed by atoms with E-state index in [-0.39, 0.29) is 47.9 Å². The molecule has 1 aromatic carbocycles. The summed E-state index contributed by atoms with van der Waals surface area (Å²) in [6, 6.07) is 2.40. The van der Waals surface area contributed by atoms with Crippen molar-refractivity contribution in [3.63, 3.8) is 0 Å². The number of nitrogens with zero attached hydrogens (tertiary/aromatic N) is 1. The standard InChI is InChI=1S/C12H11BrF2N2O2/c13-8-1-2-9(14)7(12(8)15)6-17-4-3-10(18)16-5-11(17)19/h1-2H,3-6H2,(H,16,18). The molecule has 19 heavy (non-hydrogen) atoms. The second-order valence-corrected chi connectivity index (χ2v) is 5.02. The van der Waals surface area contributed by atoms with Crippen molar-refractivity contribution < 1.29 is 18.4 Å². The van der Waals surface area contributed by atoms with Crippen molar-refractivity contribution in [3.05, 3.63) is 33.8 Å². The van der Waals surface area contributed by atoms with Crippen LogP contribution >= 0.6 is 15.9 Å². The molecule has 1 aliphatic heterocycles. The van der Waals surface area contributed by atoms with Crippen LogP contribution in [0.5, 0.6) is 0 Å². The van der Waals surface area contributed by atoms with E-state index >= 15 is 0 Å². The van der Waals surface area contributed by atoms with E-state index in [0.29, 0.717) is 0 Å². The van der Waals surface area contributed by atoms with Crippen LogP contribution in [0.2, 0.25) is 0 Å². The van der Waals surface area contributed by atoms with Crippen molar-refractivity contribution in [2.45, 2.75) is 13.0 Å². The largest absolute Gasteiger partial charge is 0.347 e. The molecule has 1 N–H and O–H groups in total. The molecule has 0 aliphatic carbocycles. The van der Waals surface area contributed by atoms with Gasteiger partial charge in [-0.25, -0.2) is 8.78 Å². The third-order valence-corrected chi connectivity index (χ3v) is 3.50. The quantitative estimate of drug-likeness (QED) is 0.836. The zero-order chi connectivity index (χ0) is 14.0. The lowest BCUT2D eigenvalue weighted by Gasteiger charge is -2.20. The summed E-state index contributed by atoms with van der Waals surface area (Å²) in [5.74, 6) is -2.04. The molecule has 0 bridgehead atoms. The fraction of sp³-hybridized carbons (Fsp3) is 0.333. The number of hydrogen-bond donors (Lipinski definition) is 1. The molecule has 0 saturated carbocycles. The van der Waals surface area contributed by atoms with Gasteiger partial charge in [0.05, 0.1) is 17.6 Å². The Balaban J connectivity index is 2.23. The molecule has 2 rings (SSSR count). The first-order valence-electron chi connectivity index (χ1n) is 5.66. The number of nitrogens with one attached hydrogen (secondary N) is 1. The summed E-state index contributed by atoms with van der Waals surface area (Å²) in [6.45, 7) is -0.183. The molecule has 0 aromatic heterocycles. The van der Waals surface area contributed by atoms with Gasteiger partial charge in [0, 0.05) is 18.5 Å². The van der Waals surface area contributed by atoms with E-state index in [2.05, 4.69) is 21.2 Å². The molecule has 2 amide bonds. The molecule has 7 heteroatoms. The van der Waals surface area contributed by atoms with Gasteiger partial charge in [0.2, 0.25) is 11.8 Å². The summed E-state index contributed by atoms with van der Waals surface area (Å²) in [7, 11) is 0. The highest BCUT2D eigenvalue weighted by Crippen LogP contribution is 2.23. The highest BCUT2D eigenvalue weighted by Gasteiger charge is 2.23. The minimum Gasteiger partial charge on any atom is -0.347 e. The molecule has 1 fully saturated rings. The van der Waals surface area contributed by atoms with Gasteiger partial charge in [-0.1, -0.05) is 0 Å². The predicted octanol–water partition coefficient (Wildman–Crippen LogP) is 1.58. The number of benzene rings is 1. The Morgan fingerprint density at radius 2 is 2.05 bits per heavy atom. The smallest absolute Gasteiger partial charge is 0.242 e. The maximum Gasteiger partial charge on any atom is 0.242 e. The lowest BCUT2D eigenvalue weighted by molar-refractivity contribution is -0.130. The minimum atomic E-state index is -0.726. The minimum absolute atomic E-state index is 0.128. The van der Waals surface area contributed by atoms with Crippen molar-refractivity contribution in [2.24, 2.45) is 0 Å². The normalized spacial score (nSPS) is 16.3. The summed E-state index contributed by atoms with van der Waals surface area (Å²) in [5.41, 5.74) is -0.183. The van der Waals surface area contributed by atoms with E-state index in [1.807, 2.05) is 0 Å². The number of carbonyl (C=O) groups is 2. The van der Waals surface area contributed by atoms with Gasteiger partial charge < -0.3 is 10.2 Å². The van der Waals surface area contributed by atoms with Gasteiger partial charge in [-0.05, 0) is 28.1 Å². The van der Waals surface area contributed by atoms with E-state index in [1.54, 1.807) is 0 Å². The SMILES string of the molecule is O=C1CCN(Cc2c(F)ccc(Br)c2F)C(=O)CN1. The van der Waals surface area contributed by atoms with Crippen LogP contribution in [-0.4, -0.2) is 29.8 Å². The van der Waals surface area contributed by atoms with Crippen LogP contribution in [0.3, 0.4) is 0 Å². The van der Waals surface area contributed by atoms with Gasteiger partial charge in [0.15, 0.2) is 0 Å². The molecular formula is C12H11BrF2N2O2. The Labute approximate surface area is 116 Å². The van der Waals surface area contributed by atoms with E-state index in [1.165, 1.54) is 11.0 Å². The topological polar surface area (TPSA) is 49.4 Å². The lowest BCUT2D eigenvalue weighted by Crippen LogP contribution is -2.35. The van der Waals surface area contributed by atoms with Crippen molar-refractivity contribution in [3.8, 4) is 0 Å². The third kappa shape index (κ3) is 3.09. The Morgan fingerprint density at radius 3 is 2.79 bits per heavy atom. The average Bonchev–Trinajstić information content (AvgIpc) is 2.54. The molecular weight excluding hydrogens is 322 g/mol.